The maximum absolute atomic E-state index is 12.5. The molecule has 21 heavy (non-hydrogen) atoms. The molecule has 0 saturated heterocycles. The van der Waals surface area contributed by atoms with Crippen molar-refractivity contribution in [2.24, 2.45) is 0 Å². The fourth-order valence-electron chi connectivity index (χ4n) is 0.720. The molecule has 0 aliphatic heterocycles. The van der Waals surface area contributed by atoms with Gasteiger partial charge < -0.3 is 0 Å². The average Bonchev–Trinajstić information content (AvgIpc) is 2.12. The van der Waals surface area contributed by atoms with Crippen molar-refractivity contribution < 1.29 is 61.3 Å². The van der Waals surface area contributed by atoms with E-state index < -0.39 is 39.3 Å². The van der Waals surface area contributed by atoms with Gasteiger partial charge in [-0.05, 0) is 0 Å². The molecule has 0 saturated carbocycles. The van der Waals surface area contributed by atoms with Gasteiger partial charge in [0.05, 0.1) is 0 Å². The second kappa shape index (κ2) is 5.39. The molecular weight excluding hydrogens is 376 g/mol. The molecule has 0 bridgehead atoms. The number of rotatable bonds is 4. The molecule has 0 radical (unpaired) electrons. The lowest BCUT2D eigenvalue weighted by Gasteiger charge is -2.35. The van der Waals surface area contributed by atoms with Crippen LogP contribution >= 0.6 is 0 Å². The Morgan fingerprint density at radius 1 is 0.619 bits per heavy atom. The Morgan fingerprint density at radius 2 is 0.905 bits per heavy atom. The van der Waals surface area contributed by atoms with Crippen molar-refractivity contribution in [1.82, 2.24) is 0 Å². The van der Waals surface area contributed by atoms with E-state index in [4.69, 9.17) is 4.55 Å². The van der Waals surface area contributed by atoms with Crippen LogP contribution in [0.5, 0.6) is 0 Å². The Bertz CT molecular complexity index is 481. The second-order valence-electron chi connectivity index (χ2n) is 3.21. The molecule has 128 valence electrons. The van der Waals surface area contributed by atoms with Crippen LogP contribution in [0.25, 0.3) is 0 Å². The van der Waals surface area contributed by atoms with Gasteiger partial charge in [0.2, 0.25) is 0 Å². The van der Waals surface area contributed by atoms with Crippen molar-refractivity contribution in [1.29, 1.82) is 0 Å². The minimum Gasteiger partial charge on any atom is -0.281 e. The summed E-state index contributed by atoms with van der Waals surface area (Å²) in [6.07, 6.45) is -7.39. The molecule has 0 aromatic rings. The highest BCUT2D eigenvalue weighted by atomic mass is 32.2. The Morgan fingerprint density at radius 3 is 1.10 bits per heavy atom. The van der Waals surface area contributed by atoms with Crippen molar-refractivity contribution in [3.63, 3.8) is 0 Å². The van der Waals surface area contributed by atoms with Crippen molar-refractivity contribution in [2.75, 3.05) is 0 Å². The normalized spacial score (nSPS) is 15.6. The second-order valence-corrected chi connectivity index (χ2v) is 4.68. The molecule has 16 heteroatoms. The SMILES string of the molecule is O=S(=O)(O)C(F)(F)C(F)(F)C(F)(F)C(F)(F)C(F)(F)F.[AlH3]. The van der Waals surface area contributed by atoms with Crippen LogP contribution in [0.3, 0.4) is 0 Å². The summed E-state index contributed by atoms with van der Waals surface area (Å²) in [4.78, 5) is 0. The smallest absolute Gasteiger partial charge is 0.281 e. The van der Waals surface area contributed by atoms with Crippen LogP contribution in [-0.4, -0.2) is 59.5 Å². The van der Waals surface area contributed by atoms with E-state index in [9.17, 15) is 56.7 Å². The van der Waals surface area contributed by atoms with Gasteiger partial charge in [-0.25, -0.2) is 0 Å². The van der Waals surface area contributed by atoms with E-state index >= 15 is 0 Å². The Labute approximate surface area is 119 Å². The van der Waals surface area contributed by atoms with Gasteiger partial charge >= 0.3 is 39.3 Å². The highest BCUT2D eigenvalue weighted by molar-refractivity contribution is 7.87. The highest BCUT2D eigenvalue weighted by Gasteiger charge is 2.89. The first kappa shape index (κ1) is 22.9. The molecule has 0 spiro atoms. The van der Waals surface area contributed by atoms with Crippen LogP contribution in [0.15, 0.2) is 0 Å². The van der Waals surface area contributed by atoms with Crippen LogP contribution in [0.2, 0.25) is 0 Å². The summed E-state index contributed by atoms with van der Waals surface area (Å²) < 4.78 is 161. The van der Waals surface area contributed by atoms with E-state index in [2.05, 4.69) is 0 Å². The van der Waals surface area contributed by atoms with E-state index in [1.807, 2.05) is 0 Å². The monoisotopic (exact) mass is 380 g/mol. The maximum atomic E-state index is 12.5. The van der Waals surface area contributed by atoms with Gasteiger partial charge in [0.25, 0.3) is 0 Å². The Kier molecular flexibility index (Phi) is 5.89. The molecular formula is C5H4AlF11O3S. The first-order chi connectivity index (χ1) is 8.25. The number of halogens is 11. The number of hydrogen-bond donors (Lipinski definition) is 1. The standard InChI is InChI=1S/C5HF11O3S.Al.3H/c6-1(7,2(8,9)4(12,13)14)3(10,11)5(15,16)20(17,18)19;;;;/h(H,17,18,19);;;;. The van der Waals surface area contributed by atoms with Crippen LogP contribution in [-0.2, 0) is 10.1 Å². The van der Waals surface area contributed by atoms with Gasteiger partial charge in [-0.1, -0.05) is 0 Å². The van der Waals surface area contributed by atoms with Gasteiger partial charge in [0.1, 0.15) is 0 Å². The van der Waals surface area contributed by atoms with Crippen molar-refractivity contribution in [2.45, 2.75) is 29.2 Å². The van der Waals surface area contributed by atoms with E-state index in [0.29, 0.717) is 0 Å². The van der Waals surface area contributed by atoms with E-state index in [-0.39, 0.29) is 17.4 Å². The van der Waals surface area contributed by atoms with Gasteiger partial charge in [-0.3, -0.25) is 4.55 Å². The molecule has 0 aliphatic carbocycles. The minimum atomic E-state index is -7.86. The molecule has 3 nitrogen and oxygen atoms in total. The van der Waals surface area contributed by atoms with Crippen LogP contribution in [0, 0.1) is 0 Å². The summed E-state index contributed by atoms with van der Waals surface area (Å²) in [5, 5.41) is -7.29. The van der Waals surface area contributed by atoms with Gasteiger partial charge in [0.15, 0.2) is 17.4 Å². The van der Waals surface area contributed by atoms with E-state index in [0.717, 1.165) is 0 Å². The first-order valence-corrected chi connectivity index (χ1v) is 5.24. The summed E-state index contributed by atoms with van der Waals surface area (Å²) in [6.45, 7) is 0. The largest absolute Gasteiger partial charge is 0.460 e. The fraction of sp³-hybridized carbons (Fsp3) is 1.00. The van der Waals surface area contributed by atoms with Gasteiger partial charge in [-0.2, -0.15) is 56.7 Å². The maximum Gasteiger partial charge on any atom is 0.460 e. The molecule has 0 atom stereocenters. The Balaban J connectivity index is 0. The lowest BCUT2D eigenvalue weighted by Crippen LogP contribution is -2.67. The summed E-state index contributed by atoms with van der Waals surface area (Å²) >= 11 is 0. The molecule has 0 rings (SSSR count). The zero-order chi connectivity index (χ0) is 17.0. The lowest BCUT2D eigenvalue weighted by atomic mass is 10.0. The molecule has 0 fully saturated rings. The van der Waals surface area contributed by atoms with Gasteiger partial charge in [-0.15, -0.1) is 0 Å². The third-order valence-corrected chi connectivity index (χ3v) is 2.74. The molecule has 0 aliphatic rings. The van der Waals surface area contributed by atoms with Crippen LogP contribution in [0.4, 0.5) is 48.3 Å². The minimum absolute atomic E-state index is 0. The predicted octanol–water partition coefficient (Wildman–Crippen LogP) is 1.75. The summed E-state index contributed by atoms with van der Waals surface area (Å²) in [5.74, 6) is -23.3. The van der Waals surface area contributed by atoms with Crippen LogP contribution < -0.4 is 0 Å². The molecule has 0 aromatic carbocycles. The third-order valence-electron chi connectivity index (χ3n) is 1.83. The topological polar surface area (TPSA) is 54.4 Å². The molecule has 0 amide bonds. The molecule has 0 aromatic heterocycles. The highest BCUT2D eigenvalue weighted by Crippen LogP contribution is 2.58. The van der Waals surface area contributed by atoms with Gasteiger partial charge in [0, 0.05) is 0 Å². The molecule has 0 unspecified atom stereocenters. The lowest BCUT2D eigenvalue weighted by molar-refractivity contribution is -0.413. The molecule has 1 N–H and O–H groups in total. The summed E-state index contributed by atoms with van der Waals surface area (Å²) in [7, 11) is -7.41. The van der Waals surface area contributed by atoms with Crippen molar-refractivity contribution in [3.05, 3.63) is 0 Å². The predicted molar refractivity (Wildman–Crippen MR) is 47.3 cm³/mol. The first-order valence-electron chi connectivity index (χ1n) is 3.80. The quantitative estimate of drug-likeness (QED) is 0.460. The van der Waals surface area contributed by atoms with E-state index in [1.54, 1.807) is 0 Å². The number of alkyl halides is 11. The zero-order valence-electron chi connectivity index (χ0n) is 8.33. The van der Waals surface area contributed by atoms with Crippen molar-refractivity contribution in [3.8, 4) is 0 Å². The van der Waals surface area contributed by atoms with E-state index in [1.165, 1.54) is 0 Å². The third kappa shape index (κ3) is 3.08. The fourth-order valence-corrected chi connectivity index (χ4v) is 1.17. The zero-order valence-corrected chi connectivity index (χ0v) is 9.15. The molecule has 0 heterocycles. The van der Waals surface area contributed by atoms with Crippen LogP contribution in [0.1, 0.15) is 0 Å². The Hall–Kier alpha value is -0.328. The van der Waals surface area contributed by atoms with Crippen molar-refractivity contribution >= 4 is 27.5 Å². The average molecular weight is 380 g/mol. The summed E-state index contributed by atoms with van der Waals surface area (Å²) in [5.41, 5.74) is 0. The summed E-state index contributed by atoms with van der Waals surface area (Å²) in [6, 6.07) is 0. The number of hydrogen-bond acceptors (Lipinski definition) is 2.